The number of methoxy groups -OCH3 is 1. The van der Waals surface area contributed by atoms with Crippen LogP contribution in [0.1, 0.15) is 55.0 Å². The molecule has 0 bridgehead atoms. The SMILES string of the molecule is COc1ccc(C(CC(=O)O)N2CC(CCCCc3ccc4c(n3)NCCC4)C2=O)cc1F. The molecule has 2 atom stereocenters. The Bertz CT molecular complexity index is 1030. The number of rotatable bonds is 10. The van der Waals surface area contributed by atoms with E-state index in [0.29, 0.717) is 12.1 Å². The van der Waals surface area contributed by atoms with E-state index in [1.165, 1.54) is 24.8 Å². The third-order valence-electron chi connectivity index (χ3n) is 6.54. The van der Waals surface area contributed by atoms with Gasteiger partial charge in [-0.3, -0.25) is 9.59 Å². The summed E-state index contributed by atoms with van der Waals surface area (Å²) in [5.41, 5.74) is 2.81. The zero-order valence-electron chi connectivity index (χ0n) is 18.8. The van der Waals surface area contributed by atoms with Gasteiger partial charge in [-0.25, -0.2) is 9.37 Å². The number of halogens is 1. The molecule has 0 saturated carbocycles. The van der Waals surface area contributed by atoms with Crippen molar-refractivity contribution >= 4 is 17.7 Å². The van der Waals surface area contributed by atoms with Gasteiger partial charge in [-0.2, -0.15) is 0 Å². The Kier molecular flexibility index (Phi) is 7.11. The molecule has 2 aromatic rings. The first-order chi connectivity index (χ1) is 16.0. The van der Waals surface area contributed by atoms with Crippen LogP contribution in [0.3, 0.4) is 0 Å². The summed E-state index contributed by atoms with van der Waals surface area (Å²) in [7, 11) is 1.37. The normalized spacial score (nSPS) is 18.2. The van der Waals surface area contributed by atoms with Crippen molar-refractivity contribution in [2.75, 3.05) is 25.5 Å². The van der Waals surface area contributed by atoms with Crippen molar-refractivity contribution in [2.24, 2.45) is 5.92 Å². The lowest BCUT2D eigenvalue weighted by atomic mass is 9.88. The predicted molar refractivity (Wildman–Crippen MR) is 122 cm³/mol. The summed E-state index contributed by atoms with van der Waals surface area (Å²) in [5, 5.41) is 12.7. The van der Waals surface area contributed by atoms with Gasteiger partial charge >= 0.3 is 5.97 Å². The number of unbranched alkanes of at least 4 members (excludes halogenated alkanes) is 1. The van der Waals surface area contributed by atoms with Gasteiger partial charge in [-0.15, -0.1) is 0 Å². The summed E-state index contributed by atoms with van der Waals surface area (Å²) in [6.07, 6.45) is 5.42. The average molecular weight is 456 g/mol. The van der Waals surface area contributed by atoms with Gasteiger partial charge in [0.1, 0.15) is 5.82 Å². The van der Waals surface area contributed by atoms with E-state index in [9.17, 15) is 19.1 Å². The molecule has 2 aliphatic rings. The molecule has 7 nitrogen and oxygen atoms in total. The number of carboxylic acid groups (broad SMARTS) is 1. The quantitative estimate of drug-likeness (QED) is 0.416. The molecule has 2 unspecified atom stereocenters. The van der Waals surface area contributed by atoms with Crippen molar-refractivity contribution in [3.05, 3.63) is 53.0 Å². The molecule has 2 N–H and O–H groups in total. The van der Waals surface area contributed by atoms with Crippen LogP contribution in [0.5, 0.6) is 5.75 Å². The predicted octanol–water partition coefficient (Wildman–Crippen LogP) is 3.97. The molecule has 0 aliphatic carbocycles. The lowest BCUT2D eigenvalue weighted by molar-refractivity contribution is -0.154. The number of hydrogen-bond acceptors (Lipinski definition) is 5. The number of aromatic nitrogens is 1. The topological polar surface area (TPSA) is 91.8 Å². The number of amides is 1. The number of aliphatic carboxylic acids is 1. The first-order valence-corrected chi connectivity index (χ1v) is 11.5. The fraction of sp³-hybridized carbons (Fsp3) is 0.480. The number of fused-ring (bicyclic) bond motifs is 1. The molecule has 1 fully saturated rings. The van der Waals surface area contributed by atoms with Crippen LogP contribution in [-0.2, 0) is 22.4 Å². The molecule has 176 valence electrons. The second-order valence-corrected chi connectivity index (χ2v) is 8.78. The van der Waals surface area contributed by atoms with E-state index in [2.05, 4.69) is 17.4 Å². The van der Waals surface area contributed by atoms with Gasteiger partial charge < -0.3 is 20.1 Å². The average Bonchev–Trinajstić information content (AvgIpc) is 2.81. The lowest BCUT2D eigenvalue weighted by Crippen LogP contribution is -2.54. The van der Waals surface area contributed by atoms with Crippen molar-refractivity contribution < 1.29 is 23.8 Å². The number of carboxylic acids is 1. The number of β-lactam (4-membered cyclic amide) rings is 1. The highest BCUT2D eigenvalue weighted by molar-refractivity contribution is 5.85. The zero-order chi connectivity index (χ0) is 23.4. The molecule has 0 radical (unpaired) electrons. The first kappa shape index (κ1) is 23.0. The Morgan fingerprint density at radius 3 is 2.91 bits per heavy atom. The second-order valence-electron chi connectivity index (χ2n) is 8.78. The number of nitrogens with one attached hydrogen (secondary N) is 1. The third kappa shape index (κ3) is 5.26. The molecule has 1 saturated heterocycles. The number of pyridine rings is 1. The van der Waals surface area contributed by atoms with Gasteiger partial charge in [0.05, 0.1) is 25.5 Å². The summed E-state index contributed by atoms with van der Waals surface area (Å²) in [4.78, 5) is 30.4. The largest absolute Gasteiger partial charge is 0.494 e. The van der Waals surface area contributed by atoms with Gasteiger partial charge in [0.25, 0.3) is 0 Å². The summed E-state index contributed by atoms with van der Waals surface area (Å²) < 4.78 is 19.1. The maximum atomic E-state index is 14.2. The van der Waals surface area contributed by atoms with Crippen molar-refractivity contribution in [3.63, 3.8) is 0 Å². The van der Waals surface area contributed by atoms with Crippen molar-refractivity contribution in [1.29, 1.82) is 0 Å². The number of nitrogens with zero attached hydrogens (tertiary/aromatic N) is 2. The van der Waals surface area contributed by atoms with Gasteiger partial charge in [-0.05, 0) is 61.4 Å². The maximum Gasteiger partial charge on any atom is 0.305 e. The Morgan fingerprint density at radius 1 is 1.33 bits per heavy atom. The molecule has 1 aromatic heterocycles. The molecule has 8 heteroatoms. The Labute approximate surface area is 193 Å². The molecular formula is C25H30FN3O4. The third-order valence-corrected chi connectivity index (χ3v) is 6.54. The van der Waals surface area contributed by atoms with Gasteiger partial charge in [0.2, 0.25) is 5.91 Å². The van der Waals surface area contributed by atoms with Gasteiger partial charge in [0, 0.05) is 18.8 Å². The number of carbonyl (C=O) groups excluding carboxylic acids is 1. The minimum atomic E-state index is -1.03. The smallest absolute Gasteiger partial charge is 0.305 e. The van der Waals surface area contributed by atoms with Crippen LogP contribution in [0.2, 0.25) is 0 Å². The fourth-order valence-corrected chi connectivity index (χ4v) is 4.69. The molecular weight excluding hydrogens is 425 g/mol. The monoisotopic (exact) mass is 455 g/mol. The van der Waals surface area contributed by atoms with Crippen LogP contribution in [0.4, 0.5) is 10.2 Å². The lowest BCUT2D eigenvalue weighted by Gasteiger charge is -2.43. The number of aryl methyl sites for hydroxylation is 2. The van der Waals surface area contributed by atoms with Crippen molar-refractivity contribution in [2.45, 2.75) is 51.0 Å². The maximum absolute atomic E-state index is 14.2. The van der Waals surface area contributed by atoms with Crippen LogP contribution >= 0.6 is 0 Å². The van der Waals surface area contributed by atoms with Crippen LogP contribution < -0.4 is 10.1 Å². The first-order valence-electron chi connectivity index (χ1n) is 11.5. The second kappa shape index (κ2) is 10.2. The number of carbonyl (C=O) groups is 2. The van der Waals surface area contributed by atoms with Crippen LogP contribution in [-0.4, -0.2) is 47.1 Å². The minimum absolute atomic E-state index is 0.0615. The van der Waals surface area contributed by atoms with E-state index >= 15 is 0 Å². The Hall–Kier alpha value is -3.16. The molecule has 1 aromatic carbocycles. The van der Waals surface area contributed by atoms with Gasteiger partial charge in [0.15, 0.2) is 11.6 Å². The number of likely N-dealkylation sites (tertiary alicyclic amines) is 1. The van der Waals surface area contributed by atoms with Gasteiger partial charge in [-0.1, -0.05) is 18.6 Å². The highest BCUT2D eigenvalue weighted by Crippen LogP contribution is 2.36. The summed E-state index contributed by atoms with van der Waals surface area (Å²) in [6.45, 7) is 1.46. The highest BCUT2D eigenvalue weighted by Gasteiger charge is 2.41. The highest BCUT2D eigenvalue weighted by atomic mass is 19.1. The standard InChI is InChI=1S/C25H30FN3O4/c1-33-22-11-9-17(13-20(22)26)21(14-23(30)31)29-15-18(25(29)32)5-2-3-7-19-10-8-16-6-4-12-27-24(16)28-19/h8-11,13,18,21H,2-7,12,14-15H2,1H3,(H,27,28)(H,30,31). The van der Waals surface area contributed by atoms with E-state index in [4.69, 9.17) is 9.72 Å². The number of anilines is 1. The van der Waals surface area contributed by atoms with Crippen LogP contribution in [0.25, 0.3) is 0 Å². The summed E-state index contributed by atoms with van der Waals surface area (Å²) in [5.74, 6) is -0.676. The Morgan fingerprint density at radius 2 is 2.18 bits per heavy atom. The van der Waals surface area contributed by atoms with E-state index < -0.39 is 17.8 Å². The zero-order valence-corrected chi connectivity index (χ0v) is 18.8. The molecule has 4 rings (SSSR count). The van der Waals surface area contributed by atoms with Crippen molar-refractivity contribution in [1.82, 2.24) is 9.88 Å². The van der Waals surface area contributed by atoms with E-state index in [0.717, 1.165) is 56.6 Å². The summed E-state index contributed by atoms with van der Waals surface area (Å²) >= 11 is 0. The molecule has 1 amide bonds. The van der Waals surface area contributed by atoms with E-state index in [-0.39, 0.29) is 24.0 Å². The van der Waals surface area contributed by atoms with Crippen LogP contribution in [0.15, 0.2) is 30.3 Å². The minimum Gasteiger partial charge on any atom is -0.494 e. The molecule has 33 heavy (non-hydrogen) atoms. The van der Waals surface area contributed by atoms with E-state index in [1.54, 1.807) is 11.0 Å². The number of hydrogen-bond donors (Lipinski definition) is 2. The van der Waals surface area contributed by atoms with Crippen LogP contribution in [0, 0.1) is 11.7 Å². The molecule has 2 aliphatic heterocycles. The Balaban J connectivity index is 1.29. The fourth-order valence-electron chi connectivity index (χ4n) is 4.69. The number of benzene rings is 1. The summed E-state index contributed by atoms with van der Waals surface area (Å²) in [6, 6.07) is 7.91. The molecule has 3 heterocycles. The van der Waals surface area contributed by atoms with E-state index in [1.807, 2.05) is 0 Å². The van der Waals surface area contributed by atoms with Crippen molar-refractivity contribution in [3.8, 4) is 5.75 Å². The molecule has 0 spiro atoms. The number of ether oxygens (including phenoxy) is 1.